The molecule has 0 spiro atoms. The molecule has 150 valence electrons. The third-order valence-electron chi connectivity index (χ3n) is 4.88. The molecule has 0 aliphatic heterocycles. The van der Waals surface area contributed by atoms with E-state index in [-0.39, 0.29) is 18.2 Å². The molecule has 0 fully saturated rings. The van der Waals surface area contributed by atoms with E-state index in [1.54, 1.807) is 29.1 Å². The van der Waals surface area contributed by atoms with E-state index < -0.39 is 0 Å². The van der Waals surface area contributed by atoms with E-state index in [4.69, 9.17) is 5.73 Å². The number of hydrogen-bond donors (Lipinski definition) is 1. The number of nitrogens with zero attached hydrogens (tertiary/aromatic N) is 7. The fourth-order valence-electron chi connectivity index (χ4n) is 3.42. The molecule has 0 aliphatic carbocycles. The Morgan fingerprint density at radius 2 is 1.90 bits per heavy atom. The van der Waals surface area contributed by atoms with Crippen molar-refractivity contribution in [1.82, 2.24) is 34.3 Å². The van der Waals surface area contributed by atoms with E-state index in [1.807, 2.05) is 30.0 Å². The van der Waals surface area contributed by atoms with Gasteiger partial charge in [-0.25, -0.2) is 29.0 Å². The zero-order chi connectivity index (χ0) is 20.8. The topological polar surface area (TPSA) is 100 Å². The quantitative estimate of drug-likeness (QED) is 0.445. The smallest absolute Gasteiger partial charge is 0.184 e. The van der Waals surface area contributed by atoms with Crippen LogP contribution < -0.4 is 5.73 Å². The van der Waals surface area contributed by atoms with Gasteiger partial charge >= 0.3 is 0 Å². The minimum Gasteiger partial charge on any atom is -0.382 e. The highest BCUT2D eigenvalue weighted by Crippen LogP contribution is 2.29. The fourth-order valence-corrected chi connectivity index (χ4v) is 3.97. The first kappa shape index (κ1) is 18.5. The summed E-state index contributed by atoms with van der Waals surface area (Å²) in [6.07, 6.45) is 3.62. The van der Waals surface area contributed by atoms with Gasteiger partial charge in [-0.15, -0.1) is 0 Å². The van der Waals surface area contributed by atoms with Crippen LogP contribution in [0.3, 0.4) is 0 Å². The second kappa shape index (κ2) is 7.06. The standard InChI is InChI=1S/C20H17FN8S/c1-28-19-15(24-20(28)30-2)16(22)25-17(26-19)14-12-7-5-9-23-18(12)29(27-14)10-11-6-3-4-8-13(11)21/h3-9H,10H2,1-2H3,(H2,22,25,26). The van der Waals surface area contributed by atoms with Gasteiger partial charge in [0.25, 0.3) is 0 Å². The third-order valence-corrected chi connectivity index (χ3v) is 5.61. The zero-order valence-electron chi connectivity index (χ0n) is 16.2. The third kappa shape index (κ3) is 2.88. The van der Waals surface area contributed by atoms with Crippen molar-refractivity contribution >= 4 is 39.8 Å². The van der Waals surface area contributed by atoms with Gasteiger partial charge in [-0.3, -0.25) is 0 Å². The Bertz CT molecular complexity index is 1410. The number of nitrogen functional groups attached to an aromatic ring is 1. The number of pyridine rings is 1. The monoisotopic (exact) mass is 420 g/mol. The van der Waals surface area contributed by atoms with Crippen LogP contribution in [0.2, 0.25) is 0 Å². The summed E-state index contributed by atoms with van der Waals surface area (Å²) in [4.78, 5) is 18.1. The maximum atomic E-state index is 14.2. The highest BCUT2D eigenvalue weighted by molar-refractivity contribution is 7.98. The van der Waals surface area contributed by atoms with Crippen molar-refractivity contribution in [3.63, 3.8) is 0 Å². The maximum Gasteiger partial charge on any atom is 0.184 e. The van der Waals surface area contributed by atoms with E-state index in [1.165, 1.54) is 17.8 Å². The second-order valence-electron chi connectivity index (χ2n) is 6.73. The average molecular weight is 420 g/mol. The van der Waals surface area contributed by atoms with Crippen molar-refractivity contribution in [3.05, 3.63) is 54.0 Å². The molecule has 0 bridgehead atoms. The lowest BCUT2D eigenvalue weighted by Crippen LogP contribution is -2.05. The van der Waals surface area contributed by atoms with Gasteiger partial charge in [-0.1, -0.05) is 30.0 Å². The van der Waals surface area contributed by atoms with Crippen molar-refractivity contribution in [1.29, 1.82) is 0 Å². The van der Waals surface area contributed by atoms with Gasteiger partial charge in [0.15, 0.2) is 33.6 Å². The zero-order valence-corrected chi connectivity index (χ0v) is 17.1. The van der Waals surface area contributed by atoms with Crippen LogP contribution in [-0.2, 0) is 13.6 Å². The number of rotatable bonds is 4. The Kier molecular flexibility index (Phi) is 4.35. The van der Waals surface area contributed by atoms with Gasteiger partial charge in [-0.05, 0) is 24.5 Å². The van der Waals surface area contributed by atoms with Crippen LogP contribution in [0.4, 0.5) is 10.2 Å². The molecule has 8 nitrogen and oxygen atoms in total. The van der Waals surface area contributed by atoms with E-state index in [9.17, 15) is 4.39 Å². The van der Waals surface area contributed by atoms with Crippen molar-refractivity contribution in [2.24, 2.45) is 7.05 Å². The number of nitrogens with two attached hydrogens (primary N) is 1. The molecule has 5 aromatic rings. The van der Waals surface area contributed by atoms with Gasteiger partial charge in [0.1, 0.15) is 11.5 Å². The first-order valence-electron chi connectivity index (χ1n) is 9.16. The first-order chi connectivity index (χ1) is 14.6. The van der Waals surface area contributed by atoms with Crippen molar-refractivity contribution in [2.45, 2.75) is 11.7 Å². The number of hydrogen-bond acceptors (Lipinski definition) is 7. The fraction of sp³-hybridized carbons (Fsp3) is 0.150. The van der Waals surface area contributed by atoms with Gasteiger partial charge in [0.05, 0.1) is 11.9 Å². The van der Waals surface area contributed by atoms with Crippen LogP contribution in [0.5, 0.6) is 0 Å². The molecule has 5 rings (SSSR count). The Balaban J connectivity index is 1.70. The Labute approximate surface area is 175 Å². The molecule has 10 heteroatoms. The maximum absolute atomic E-state index is 14.2. The number of imidazole rings is 1. The summed E-state index contributed by atoms with van der Waals surface area (Å²) in [6, 6.07) is 10.3. The summed E-state index contributed by atoms with van der Waals surface area (Å²) in [5.74, 6) is 0.368. The SMILES string of the molecule is CSc1nc2c(N)nc(-c3nn(Cc4ccccc4F)c4ncccc34)nc2n1C. The predicted molar refractivity (Wildman–Crippen MR) is 115 cm³/mol. The van der Waals surface area contributed by atoms with Gasteiger partial charge in [0.2, 0.25) is 0 Å². The highest BCUT2D eigenvalue weighted by atomic mass is 32.2. The Morgan fingerprint density at radius 1 is 1.07 bits per heavy atom. The molecule has 0 unspecified atom stereocenters. The van der Waals surface area contributed by atoms with Crippen molar-refractivity contribution < 1.29 is 4.39 Å². The number of benzene rings is 1. The number of fused-ring (bicyclic) bond motifs is 2. The lowest BCUT2D eigenvalue weighted by atomic mass is 10.2. The summed E-state index contributed by atoms with van der Waals surface area (Å²) < 4.78 is 17.7. The molecule has 0 aliphatic rings. The van der Waals surface area contributed by atoms with Crippen molar-refractivity contribution in [3.8, 4) is 11.5 Å². The van der Waals surface area contributed by atoms with Crippen LogP contribution in [-0.4, -0.2) is 40.5 Å². The van der Waals surface area contributed by atoms with Gasteiger partial charge in [-0.2, -0.15) is 5.10 Å². The van der Waals surface area contributed by atoms with Gasteiger partial charge in [0, 0.05) is 18.8 Å². The second-order valence-corrected chi connectivity index (χ2v) is 7.51. The van der Waals surface area contributed by atoms with Gasteiger partial charge < -0.3 is 10.3 Å². The lowest BCUT2D eigenvalue weighted by molar-refractivity contribution is 0.589. The average Bonchev–Trinajstić information content (AvgIpc) is 3.28. The van der Waals surface area contributed by atoms with Crippen molar-refractivity contribution in [2.75, 3.05) is 12.0 Å². The lowest BCUT2D eigenvalue weighted by Gasteiger charge is -2.04. The molecule has 1 aromatic carbocycles. The van der Waals surface area contributed by atoms with E-state index in [0.717, 1.165) is 10.5 Å². The molecule has 2 N–H and O–H groups in total. The van der Waals surface area contributed by atoms with E-state index in [0.29, 0.717) is 33.9 Å². The Morgan fingerprint density at radius 3 is 2.70 bits per heavy atom. The molecule has 0 radical (unpaired) electrons. The molecular formula is C20H17FN8S. The predicted octanol–water partition coefficient (Wildman–Crippen LogP) is 3.27. The summed E-state index contributed by atoms with van der Waals surface area (Å²) in [5.41, 5.74) is 9.05. The number of halogens is 1. The largest absolute Gasteiger partial charge is 0.382 e. The molecule has 0 amide bonds. The number of aromatic nitrogens is 7. The number of aryl methyl sites for hydroxylation is 1. The van der Waals surface area contributed by atoms with Crippen LogP contribution >= 0.6 is 11.8 Å². The Hall–Kier alpha value is -3.53. The first-order valence-corrected chi connectivity index (χ1v) is 10.4. The molecule has 0 saturated carbocycles. The molecule has 4 heterocycles. The number of thioether (sulfide) groups is 1. The summed E-state index contributed by atoms with van der Waals surface area (Å²) in [7, 11) is 1.88. The van der Waals surface area contributed by atoms with E-state index >= 15 is 0 Å². The van der Waals surface area contributed by atoms with Crippen LogP contribution in [0.25, 0.3) is 33.7 Å². The highest BCUT2D eigenvalue weighted by Gasteiger charge is 2.20. The van der Waals surface area contributed by atoms with Crippen LogP contribution in [0.15, 0.2) is 47.8 Å². The molecule has 4 aromatic heterocycles. The van der Waals surface area contributed by atoms with E-state index in [2.05, 4.69) is 25.0 Å². The summed E-state index contributed by atoms with van der Waals surface area (Å²) >= 11 is 1.50. The summed E-state index contributed by atoms with van der Waals surface area (Å²) in [6.45, 7) is 0.236. The van der Waals surface area contributed by atoms with Crippen LogP contribution in [0.1, 0.15) is 5.56 Å². The molecule has 0 saturated heterocycles. The minimum absolute atomic E-state index is 0.236. The molecule has 0 atom stereocenters. The normalized spacial score (nSPS) is 11.6. The molecule has 30 heavy (non-hydrogen) atoms. The minimum atomic E-state index is -0.292. The molecular weight excluding hydrogens is 403 g/mol. The van der Waals surface area contributed by atoms with Crippen LogP contribution in [0, 0.1) is 5.82 Å². The number of anilines is 1. The summed E-state index contributed by atoms with van der Waals surface area (Å²) in [5, 5.41) is 6.23.